The molecule has 0 fully saturated rings. The van der Waals surface area contributed by atoms with Crippen LogP contribution in [-0.4, -0.2) is 18.6 Å². The molecule has 0 bridgehead atoms. The second kappa shape index (κ2) is 6.92. The van der Waals surface area contributed by atoms with Crippen LogP contribution in [0.2, 0.25) is 0 Å². The lowest BCUT2D eigenvalue weighted by molar-refractivity contribution is 0.556. The third-order valence-corrected chi connectivity index (χ3v) is 3.41. The van der Waals surface area contributed by atoms with Crippen molar-refractivity contribution in [3.8, 4) is 0 Å². The molecule has 90 valence electrons. The summed E-state index contributed by atoms with van der Waals surface area (Å²) in [7, 11) is 0. The summed E-state index contributed by atoms with van der Waals surface area (Å²) in [6.45, 7) is 5.73. The molecule has 0 heterocycles. The Balaban J connectivity index is 2.34. The lowest BCUT2D eigenvalue weighted by atomic mass is 10.1. The minimum atomic E-state index is -0.114. The third kappa shape index (κ3) is 4.54. The van der Waals surface area contributed by atoms with E-state index in [1.165, 1.54) is 0 Å². The smallest absolute Gasteiger partial charge is 0.126 e. The van der Waals surface area contributed by atoms with Gasteiger partial charge in [-0.15, -0.1) is 0 Å². The van der Waals surface area contributed by atoms with Crippen LogP contribution in [0, 0.1) is 18.7 Å². The molecule has 0 saturated carbocycles. The lowest BCUT2D eigenvalue weighted by Crippen LogP contribution is -2.22. The van der Waals surface area contributed by atoms with Gasteiger partial charge in [-0.3, -0.25) is 0 Å². The predicted molar refractivity (Wildman–Crippen MR) is 70.4 cm³/mol. The average molecular weight is 241 g/mol. The second-order valence-corrected chi connectivity index (χ2v) is 5.19. The molecule has 0 aromatic heterocycles. The Kier molecular flexibility index (Phi) is 5.85. The van der Waals surface area contributed by atoms with E-state index in [0.29, 0.717) is 11.5 Å². The molecule has 1 aromatic carbocycles. The number of benzene rings is 1. The molecular formula is C13H20FNS. The summed E-state index contributed by atoms with van der Waals surface area (Å²) >= 11 is 1.86. The molecule has 0 aliphatic heterocycles. The minimum Gasteiger partial charge on any atom is -0.312 e. The fourth-order valence-electron chi connectivity index (χ4n) is 1.55. The maximum absolute atomic E-state index is 13.3. The maximum Gasteiger partial charge on any atom is 0.126 e. The number of hydrogen-bond acceptors (Lipinski definition) is 2. The van der Waals surface area contributed by atoms with Crippen LogP contribution in [0.15, 0.2) is 18.2 Å². The standard InChI is InChI=1S/C13H20FNS/c1-10(9-16-3)7-15-8-12-5-4-11(2)13(14)6-12/h4-6,10,15H,7-9H2,1-3H3. The zero-order valence-corrected chi connectivity index (χ0v) is 11.0. The Hall–Kier alpha value is -0.540. The zero-order valence-electron chi connectivity index (χ0n) is 10.2. The number of aryl methyl sites for hydroxylation is 1. The molecule has 0 aliphatic carbocycles. The summed E-state index contributed by atoms with van der Waals surface area (Å²) in [4.78, 5) is 0. The van der Waals surface area contributed by atoms with Gasteiger partial charge < -0.3 is 5.32 Å². The topological polar surface area (TPSA) is 12.0 Å². The van der Waals surface area contributed by atoms with E-state index in [9.17, 15) is 4.39 Å². The fourth-order valence-corrected chi connectivity index (χ4v) is 2.24. The van der Waals surface area contributed by atoms with E-state index in [-0.39, 0.29) is 5.82 Å². The molecule has 0 amide bonds. The van der Waals surface area contributed by atoms with Crippen molar-refractivity contribution in [1.29, 1.82) is 0 Å². The van der Waals surface area contributed by atoms with E-state index in [1.807, 2.05) is 23.9 Å². The summed E-state index contributed by atoms with van der Waals surface area (Å²) in [6.07, 6.45) is 2.12. The molecule has 1 atom stereocenters. The maximum atomic E-state index is 13.3. The first kappa shape index (κ1) is 13.5. The summed E-state index contributed by atoms with van der Waals surface area (Å²) in [6, 6.07) is 5.42. The van der Waals surface area contributed by atoms with Crippen LogP contribution in [0.4, 0.5) is 4.39 Å². The van der Waals surface area contributed by atoms with Crippen molar-refractivity contribution < 1.29 is 4.39 Å². The van der Waals surface area contributed by atoms with Crippen LogP contribution in [0.5, 0.6) is 0 Å². The third-order valence-electron chi connectivity index (χ3n) is 2.51. The van der Waals surface area contributed by atoms with E-state index < -0.39 is 0 Å². The van der Waals surface area contributed by atoms with E-state index in [1.54, 1.807) is 13.0 Å². The lowest BCUT2D eigenvalue weighted by Gasteiger charge is -2.11. The molecule has 1 nitrogen and oxygen atoms in total. The van der Waals surface area contributed by atoms with Crippen molar-refractivity contribution in [2.75, 3.05) is 18.6 Å². The van der Waals surface area contributed by atoms with Gasteiger partial charge >= 0.3 is 0 Å². The molecule has 0 radical (unpaired) electrons. The predicted octanol–water partition coefficient (Wildman–Crippen LogP) is 3.22. The van der Waals surface area contributed by atoms with Gasteiger partial charge in [0.1, 0.15) is 5.82 Å². The number of nitrogens with one attached hydrogen (secondary N) is 1. The SMILES string of the molecule is CSCC(C)CNCc1ccc(C)c(F)c1. The van der Waals surface area contributed by atoms with Crippen LogP contribution in [-0.2, 0) is 6.54 Å². The normalized spacial score (nSPS) is 12.8. The van der Waals surface area contributed by atoms with Gasteiger partial charge in [0.2, 0.25) is 0 Å². The van der Waals surface area contributed by atoms with Gasteiger partial charge in [-0.1, -0.05) is 19.1 Å². The highest BCUT2D eigenvalue weighted by atomic mass is 32.2. The van der Waals surface area contributed by atoms with E-state index in [4.69, 9.17) is 0 Å². The number of halogens is 1. The Morgan fingerprint density at radius 3 is 2.81 bits per heavy atom. The van der Waals surface area contributed by atoms with Crippen molar-refractivity contribution in [2.24, 2.45) is 5.92 Å². The molecule has 1 N–H and O–H groups in total. The first-order chi connectivity index (χ1) is 7.63. The number of thioether (sulfide) groups is 1. The monoisotopic (exact) mass is 241 g/mol. The van der Waals surface area contributed by atoms with Crippen LogP contribution in [0.1, 0.15) is 18.1 Å². The van der Waals surface area contributed by atoms with Gasteiger partial charge in [0.15, 0.2) is 0 Å². The van der Waals surface area contributed by atoms with Crippen molar-refractivity contribution in [2.45, 2.75) is 20.4 Å². The van der Waals surface area contributed by atoms with E-state index in [2.05, 4.69) is 18.5 Å². The van der Waals surface area contributed by atoms with Gasteiger partial charge in [0.05, 0.1) is 0 Å². The highest BCUT2D eigenvalue weighted by Gasteiger charge is 2.02. The summed E-state index contributed by atoms with van der Waals surface area (Å²) in [5.41, 5.74) is 1.72. The van der Waals surface area contributed by atoms with Gasteiger partial charge in [-0.2, -0.15) is 11.8 Å². The first-order valence-corrected chi connectivity index (χ1v) is 6.97. The summed E-state index contributed by atoms with van der Waals surface area (Å²) < 4.78 is 13.3. The van der Waals surface area contributed by atoms with Gasteiger partial charge in [0.25, 0.3) is 0 Å². The van der Waals surface area contributed by atoms with Crippen LogP contribution in [0.25, 0.3) is 0 Å². The van der Waals surface area contributed by atoms with Crippen LogP contribution in [0.3, 0.4) is 0 Å². The van der Waals surface area contributed by atoms with Gasteiger partial charge in [-0.05, 0) is 48.6 Å². The molecule has 3 heteroatoms. The van der Waals surface area contributed by atoms with Crippen molar-refractivity contribution in [1.82, 2.24) is 5.32 Å². The summed E-state index contributed by atoms with van der Waals surface area (Å²) in [5.74, 6) is 1.71. The second-order valence-electron chi connectivity index (χ2n) is 4.27. The van der Waals surface area contributed by atoms with Crippen LogP contribution < -0.4 is 5.32 Å². The van der Waals surface area contributed by atoms with E-state index >= 15 is 0 Å². The van der Waals surface area contributed by atoms with Crippen molar-refractivity contribution >= 4 is 11.8 Å². The molecule has 16 heavy (non-hydrogen) atoms. The highest BCUT2D eigenvalue weighted by Crippen LogP contribution is 2.09. The quantitative estimate of drug-likeness (QED) is 0.820. The van der Waals surface area contributed by atoms with Gasteiger partial charge in [0, 0.05) is 6.54 Å². The largest absolute Gasteiger partial charge is 0.312 e. The molecule has 1 rings (SSSR count). The Bertz CT molecular complexity index is 328. The van der Waals surface area contributed by atoms with Crippen molar-refractivity contribution in [3.05, 3.63) is 35.1 Å². The Morgan fingerprint density at radius 2 is 2.19 bits per heavy atom. The Morgan fingerprint density at radius 1 is 1.44 bits per heavy atom. The summed E-state index contributed by atoms with van der Waals surface area (Å²) in [5, 5.41) is 3.35. The van der Waals surface area contributed by atoms with Crippen LogP contribution >= 0.6 is 11.8 Å². The van der Waals surface area contributed by atoms with Crippen molar-refractivity contribution in [3.63, 3.8) is 0 Å². The number of hydrogen-bond donors (Lipinski definition) is 1. The fraction of sp³-hybridized carbons (Fsp3) is 0.538. The molecule has 1 unspecified atom stereocenters. The van der Waals surface area contributed by atoms with E-state index in [0.717, 1.165) is 24.4 Å². The molecule has 0 aliphatic rings. The van der Waals surface area contributed by atoms with Gasteiger partial charge in [-0.25, -0.2) is 4.39 Å². The first-order valence-electron chi connectivity index (χ1n) is 5.58. The Labute approximate surface area is 102 Å². The minimum absolute atomic E-state index is 0.114. The number of rotatable bonds is 6. The average Bonchev–Trinajstić information content (AvgIpc) is 2.24. The highest BCUT2D eigenvalue weighted by molar-refractivity contribution is 7.98. The zero-order chi connectivity index (χ0) is 12.0. The molecule has 0 saturated heterocycles. The molecular weight excluding hydrogens is 221 g/mol. The molecule has 0 spiro atoms. The molecule has 1 aromatic rings.